The van der Waals surface area contributed by atoms with Crippen molar-refractivity contribution in [2.45, 2.75) is 33.2 Å². The van der Waals surface area contributed by atoms with Crippen LogP contribution in [0.4, 0.5) is 0 Å². The maximum Gasteiger partial charge on any atom is 0.361 e. The topological polar surface area (TPSA) is 63.6 Å². The van der Waals surface area contributed by atoms with E-state index in [1.165, 1.54) is 4.68 Å². The van der Waals surface area contributed by atoms with Crippen molar-refractivity contribution in [1.29, 1.82) is 0 Å². The van der Waals surface area contributed by atoms with Gasteiger partial charge in [-0.3, -0.25) is 0 Å². The second-order valence-corrected chi connectivity index (χ2v) is 3.17. The number of H-pyrrole nitrogens is 1. The molecule has 0 aliphatic carbocycles. The van der Waals surface area contributed by atoms with Gasteiger partial charge in [0, 0.05) is 0 Å². The zero-order valence-corrected chi connectivity index (χ0v) is 7.61. The molecule has 0 bridgehead atoms. The van der Waals surface area contributed by atoms with Gasteiger partial charge in [0.15, 0.2) is 0 Å². The minimum atomic E-state index is -0.226. The van der Waals surface area contributed by atoms with Gasteiger partial charge in [-0.15, -0.1) is 0 Å². The molecule has 0 spiro atoms. The van der Waals surface area contributed by atoms with Crippen LogP contribution in [0.25, 0.3) is 0 Å². The van der Waals surface area contributed by atoms with Crippen LogP contribution in [0, 0.1) is 5.92 Å². The normalized spacial score (nSPS) is 13.7. The van der Waals surface area contributed by atoms with Crippen molar-refractivity contribution >= 4 is 0 Å². The standard InChI is InChI=1S/C7H14N4O/c1-4-6(5(2)3)11-7(12)8-9-10-11/h5-6H,4H2,1-3H3,(H,8,10,12). The van der Waals surface area contributed by atoms with Crippen molar-refractivity contribution in [1.82, 2.24) is 20.2 Å². The maximum atomic E-state index is 11.1. The third-order valence-electron chi connectivity index (χ3n) is 2.00. The van der Waals surface area contributed by atoms with Crippen LogP contribution in [-0.2, 0) is 0 Å². The van der Waals surface area contributed by atoms with Gasteiger partial charge >= 0.3 is 5.69 Å². The van der Waals surface area contributed by atoms with Gasteiger partial charge in [0.25, 0.3) is 0 Å². The zero-order chi connectivity index (χ0) is 9.14. The summed E-state index contributed by atoms with van der Waals surface area (Å²) in [5, 5.41) is 9.44. The molecule has 1 rings (SSSR count). The lowest BCUT2D eigenvalue weighted by Gasteiger charge is -2.16. The SMILES string of the molecule is CCC(C(C)C)n1nn[nH]c1=O. The minimum Gasteiger partial charge on any atom is -0.245 e. The molecule has 1 aromatic heterocycles. The molecule has 0 radical (unpaired) electrons. The molecule has 0 aromatic carbocycles. The van der Waals surface area contributed by atoms with Gasteiger partial charge < -0.3 is 0 Å². The quantitative estimate of drug-likeness (QED) is 0.721. The Kier molecular flexibility index (Phi) is 2.62. The Balaban J connectivity index is 2.95. The molecule has 1 N–H and O–H groups in total. The molecule has 0 aliphatic heterocycles. The van der Waals surface area contributed by atoms with Crippen LogP contribution in [0.1, 0.15) is 33.2 Å². The largest absolute Gasteiger partial charge is 0.361 e. The van der Waals surface area contributed by atoms with Gasteiger partial charge in [0.1, 0.15) is 0 Å². The molecule has 1 aromatic rings. The number of aromatic nitrogens is 4. The first-order valence-electron chi connectivity index (χ1n) is 4.16. The van der Waals surface area contributed by atoms with Crippen LogP contribution >= 0.6 is 0 Å². The molecule has 1 atom stereocenters. The molecule has 0 fully saturated rings. The predicted octanol–water partition coefficient (Wildman–Crippen LogP) is 0.574. The Morgan fingerprint density at radius 1 is 1.58 bits per heavy atom. The van der Waals surface area contributed by atoms with Crippen molar-refractivity contribution in [3.8, 4) is 0 Å². The van der Waals surface area contributed by atoms with E-state index < -0.39 is 0 Å². The summed E-state index contributed by atoms with van der Waals surface area (Å²) >= 11 is 0. The molecule has 5 nitrogen and oxygen atoms in total. The summed E-state index contributed by atoms with van der Waals surface area (Å²) in [5.41, 5.74) is -0.226. The molecule has 0 aliphatic rings. The third kappa shape index (κ3) is 1.54. The van der Waals surface area contributed by atoms with Crippen LogP contribution in [-0.4, -0.2) is 20.2 Å². The van der Waals surface area contributed by atoms with Crippen molar-refractivity contribution in [3.05, 3.63) is 10.5 Å². The number of rotatable bonds is 3. The Morgan fingerprint density at radius 2 is 2.25 bits per heavy atom. The Hall–Kier alpha value is -1.13. The Morgan fingerprint density at radius 3 is 2.58 bits per heavy atom. The van der Waals surface area contributed by atoms with Crippen LogP contribution in [0.15, 0.2) is 4.79 Å². The summed E-state index contributed by atoms with van der Waals surface area (Å²) in [6.07, 6.45) is 0.893. The highest BCUT2D eigenvalue weighted by molar-refractivity contribution is 4.68. The first kappa shape index (κ1) is 8.96. The molecule has 0 amide bonds. The van der Waals surface area contributed by atoms with Crippen LogP contribution in [0.2, 0.25) is 0 Å². The number of nitrogens with zero attached hydrogens (tertiary/aromatic N) is 3. The Bertz CT molecular complexity index is 288. The van der Waals surface area contributed by atoms with E-state index in [1.54, 1.807) is 0 Å². The number of tetrazole rings is 1. The summed E-state index contributed by atoms with van der Waals surface area (Å²) in [6.45, 7) is 6.16. The highest BCUT2D eigenvalue weighted by Gasteiger charge is 2.16. The summed E-state index contributed by atoms with van der Waals surface area (Å²) in [4.78, 5) is 11.1. The smallest absolute Gasteiger partial charge is 0.245 e. The highest BCUT2D eigenvalue weighted by atomic mass is 16.2. The second-order valence-electron chi connectivity index (χ2n) is 3.17. The van der Waals surface area contributed by atoms with Gasteiger partial charge in [-0.25, -0.2) is 9.89 Å². The average molecular weight is 170 g/mol. The summed E-state index contributed by atoms with van der Waals surface area (Å²) in [5.74, 6) is 0.401. The Labute approximate surface area is 70.8 Å². The van der Waals surface area contributed by atoms with Crippen molar-refractivity contribution in [2.75, 3.05) is 0 Å². The summed E-state index contributed by atoms with van der Waals surface area (Å²) < 4.78 is 1.41. The van der Waals surface area contributed by atoms with E-state index in [9.17, 15) is 4.79 Å². The highest BCUT2D eigenvalue weighted by Crippen LogP contribution is 2.17. The molecular formula is C7H14N4O. The van der Waals surface area contributed by atoms with E-state index in [-0.39, 0.29) is 11.7 Å². The monoisotopic (exact) mass is 170 g/mol. The van der Waals surface area contributed by atoms with E-state index in [0.29, 0.717) is 5.92 Å². The average Bonchev–Trinajstić information content (AvgIpc) is 2.38. The van der Waals surface area contributed by atoms with Gasteiger partial charge in [-0.1, -0.05) is 20.8 Å². The van der Waals surface area contributed by atoms with E-state index in [4.69, 9.17) is 0 Å². The first-order valence-corrected chi connectivity index (χ1v) is 4.16. The van der Waals surface area contributed by atoms with Crippen LogP contribution in [0.5, 0.6) is 0 Å². The number of hydrogen-bond acceptors (Lipinski definition) is 3. The minimum absolute atomic E-state index is 0.149. The fraction of sp³-hybridized carbons (Fsp3) is 0.857. The van der Waals surface area contributed by atoms with E-state index >= 15 is 0 Å². The van der Waals surface area contributed by atoms with E-state index in [0.717, 1.165) is 6.42 Å². The fourth-order valence-electron chi connectivity index (χ4n) is 1.35. The summed E-state index contributed by atoms with van der Waals surface area (Å²) in [7, 11) is 0. The van der Waals surface area contributed by atoms with Gasteiger partial charge in [-0.2, -0.15) is 4.68 Å². The van der Waals surface area contributed by atoms with Crippen molar-refractivity contribution in [2.24, 2.45) is 5.92 Å². The second kappa shape index (κ2) is 3.51. The summed E-state index contributed by atoms with van der Waals surface area (Å²) in [6, 6.07) is 0.149. The van der Waals surface area contributed by atoms with Crippen LogP contribution < -0.4 is 5.69 Å². The first-order chi connectivity index (χ1) is 5.66. The molecule has 68 valence electrons. The fourth-order valence-corrected chi connectivity index (χ4v) is 1.35. The van der Waals surface area contributed by atoms with Crippen molar-refractivity contribution in [3.63, 3.8) is 0 Å². The number of aromatic amines is 1. The number of nitrogens with one attached hydrogen (secondary N) is 1. The van der Waals surface area contributed by atoms with Crippen LogP contribution in [0.3, 0.4) is 0 Å². The van der Waals surface area contributed by atoms with E-state index in [1.807, 2.05) is 6.92 Å². The lowest BCUT2D eigenvalue weighted by Crippen LogP contribution is -2.26. The molecule has 12 heavy (non-hydrogen) atoms. The van der Waals surface area contributed by atoms with Crippen molar-refractivity contribution < 1.29 is 0 Å². The van der Waals surface area contributed by atoms with Gasteiger partial charge in [0.2, 0.25) is 0 Å². The lowest BCUT2D eigenvalue weighted by molar-refractivity contribution is 0.323. The molecular weight excluding hydrogens is 156 g/mol. The number of hydrogen-bond donors (Lipinski definition) is 1. The third-order valence-corrected chi connectivity index (χ3v) is 2.00. The maximum absolute atomic E-state index is 11.1. The molecule has 0 saturated heterocycles. The van der Waals surface area contributed by atoms with Gasteiger partial charge in [0.05, 0.1) is 6.04 Å². The van der Waals surface area contributed by atoms with E-state index in [2.05, 4.69) is 29.4 Å². The molecule has 0 saturated carbocycles. The van der Waals surface area contributed by atoms with Gasteiger partial charge in [-0.05, 0) is 22.8 Å². The molecule has 1 unspecified atom stereocenters. The predicted molar refractivity (Wildman–Crippen MR) is 44.8 cm³/mol. The molecule has 1 heterocycles. The molecule has 5 heteroatoms. The zero-order valence-electron chi connectivity index (χ0n) is 7.61. The lowest BCUT2D eigenvalue weighted by atomic mass is 10.0.